The summed E-state index contributed by atoms with van der Waals surface area (Å²) < 4.78 is 30.1. The standard InChI is InChI=1S/C16H10BrClN2O5S/c17-10-1-6-14-9(7-10)8-13(16(22)25-14)15(21)19-20-26(23,24)12-4-2-11(18)3-5-12/h1-8,20H,(H,19,21). The number of hydrazine groups is 1. The molecule has 3 aromatic rings. The average molecular weight is 458 g/mol. The van der Waals surface area contributed by atoms with Gasteiger partial charge in [0.25, 0.3) is 15.9 Å². The number of nitrogens with one attached hydrogen (secondary N) is 2. The maximum Gasteiger partial charge on any atom is 0.349 e. The molecule has 1 amide bonds. The van der Waals surface area contributed by atoms with E-state index in [1.165, 1.54) is 30.3 Å². The van der Waals surface area contributed by atoms with Crippen LogP contribution in [-0.2, 0) is 10.0 Å². The Balaban J connectivity index is 1.84. The Morgan fingerprint density at radius 3 is 2.46 bits per heavy atom. The fourth-order valence-corrected chi connectivity index (χ4v) is 3.45. The normalized spacial score (nSPS) is 11.5. The highest BCUT2D eigenvalue weighted by Crippen LogP contribution is 2.19. The van der Waals surface area contributed by atoms with Crippen molar-refractivity contribution in [2.75, 3.05) is 0 Å². The van der Waals surface area contributed by atoms with Crippen molar-refractivity contribution in [2.24, 2.45) is 0 Å². The number of sulfonamides is 1. The van der Waals surface area contributed by atoms with E-state index < -0.39 is 21.6 Å². The van der Waals surface area contributed by atoms with Gasteiger partial charge in [-0.05, 0) is 48.5 Å². The Morgan fingerprint density at radius 1 is 1.08 bits per heavy atom. The average Bonchev–Trinajstić information content (AvgIpc) is 2.60. The molecule has 26 heavy (non-hydrogen) atoms. The van der Waals surface area contributed by atoms with Crippen LogP contribution < -0.4 is 15.9 Å². The zero-order valence-electron chi connectivity index (χ0n) is 12.8. The molecule has 0 saturated heterocycles. The number of hydrogen-bond acceptors (Lipinski definition) is 5. The summed E-state index contributed by atoms with van der Waals surface area (Å²) in [5.41, 5.74) is 1.07. The van der Waals surface area contributed by atoms with Gasteiger partial charge in [0.05, 0.1) is 4.90 Å². The zero-order chi connectivity index (χ0) is 18.9. The van der Waals surface area contributed by atoms with Crippen molar-refractivity contribution >= 4 is 54.4 Å². The number of fused-ring (bicyclic) bond motifs is 1. The number of carbonyl (C=O) groups is 1. The molecule has 7 nitrogen and oxygen atoms in total. The lowest BCUT2D eigenvalue weighted by molar-refractivity contribution is 0.0941. The van der Waals surface area contributed by atoms with Gasteiger partial charge in [0, 0.05) is 14.9 Å². The van der Waals surface area contributed by atoms with Crippen molar-refractivity contribution < 1.29 is 17.6 Å². The molecule has 0 aliphatic rings. The molecule has 0 radical (unpaired) electrons. The number of rotatable bonds is 4. The van der Waals surface area contributed by atoms with Gasteiger partial charge in [-0.1, -0.05) is 27.5 Å². The third kappa shape index (κ3) is 3.96. The highest BCUT2D eigenvalue weighted by atomic mass is 79.9. The molecular weight excluding hydrogens is 448 g/mol. The lowest BCUT2D eigenvalue weighted by Gasteiger charge is -2.08. The fraction of sp³-hybridized carbons (Fsp3) is 0. The smallest absolute Gasteiger partial charge is 0.349 e. The van der Waals surface area contributed by atoms with Gasteiger partial charge >= 0.3 is 5.63 Å². The second-order valence-electron chi connectivity index (χ2n) is 5.14. The van der Waals surface area contributed by atoms with E-state index >= 15 is 0 Å². The zero-order valence-corrected chi connectivity index (χ0v) is 16.0. The van der Waals surface area contributed by atoms with Crippen LogP contribution in [0.5, 0.6) is 0 Å². The van der Waals surface area contributed by atoms with Gasteiger partial charge < -0.3 is 4.42 Å². The maximum atomic E-state index is 12.2. The first kappa shape index (κ1) is 18.6. The first-order valence-corrected chi connectivity index (χ1v) is 9.73. The molecule has 2 N–H and O–H groups in total. The van der Waals surface area contributed by atoms with E-state index in [0.717, 1.165) is 4.47 Å². The topological polar surface area (TPSA) is 105 Å². The summed E-state index contributed by atoms with van der Waals surface area (Å²) in [5, 5.41) is 0.873. The van der Waals surface area contributed by atoms with Crippen LogP contribution >= 0.6 is 27.5 Å². The van der Waals surface area contributed by atoms with Gasteiger partial charge in [-0.25, -0.2) is 13.2 Å². The van der Waals surface area contributed by atoms with E-state index in [4.69, 9.17) is 16.0 Å². The summed E-state index contributed by atoms with van der Waals surface area (Å²) in [6.07, 6.45) is 0. The molecule has 0 aliphatic carbocycles. The Kier molecular flexibility index (Phi) is 5.15. The molecule has 10 heteroatoms. The minimum absolute atomic E-state index is 0.100. The molecule has 0 aliphatic heterocycles. The highest BCUT2D eigenvalue weighted by molar-refractivity contribution is 9.10. The summed E-state index contributed by atoms with van der Waals surface area (Å²) in [6.45, 7) is 0. The highest BCUT2D eigenvalue weighted by Gasteiger charge is 2.18. The molecule has 0 unspecified atom stereocenters. The van der Waals surface area contributed by atoms with Crippen LogP contribution in [0.25, 0.3) is 11.0 Å². The van der Waals surface area contributed by atoms with Gasteiger partial charge in [0.2, 0.25) is 0 Å². The summed E-state index contributed by atoms with van der Waals surface area (Å²) in [7, 11) is -4.02. The number of halogens is 2. The van der Waals surface area contributed by atoms with Crippen molar-refractivity contribution in [1.82, 2.24) is 10.3 Å². The molecule has 0 spiro atoms. The molecule has 134 valence electrons. The predicted octanol–water partition coefficient (Wildman–Crippen LogP) is 2.83. The fourth-order valence-electron chi connectivity index (χ4n) is 2.11. The second-order valence-corrected chi connectivity index (χ2v) is 8.18. The summed E-state index contributed by atoms with van der Waals surface area (Å²) in [4.78, 5) is 26.0. The van der Waals surface area contributed by atoms with Crippen molar-refractivity contribution in [3.8, 4) is 0 Å². The largest absolute Gasteiger partial charge is 0.422 e. The monoisotopic (exact) mass is 456 g/mol. The van der Waals surface area contributed by atoms with E-state index in [2.05, 4.69) is 15.9 Å². The third-order valence-corrected chi connectivity index (χ3v) is 5.37. The van der Waals surface area contributed by atoms with Gasteiger partial charge in [0.15, 0.2) is 0 Å². The summed E-state index contributed by atoms with van der Waals surface area (Å²) in [6, 6.07) is 11.6. The summed E-state index contributed by atoms with van der Waals surface area (Å²) >= 11 is 8.99. The molecule has 1 heterocycles. The van der Waals surface area contributed by atoms with E-state index in [-0.39, 0.29) is 10.5 Å². The van der Waals surface area contributed by atoms with E-state index in [0.29, 0.717) is 16.0 Å². The Hall–Kier alpha value is -2.20. The third-order valence-electron chi connectivity index (χ3n) is 3.36. The van der Waals surface area contributed by atoms with Crippen LogP contribution in [0, 0.1) is 0 Å². The van der Waals surface area contributed by atoms with Crippen LogP contribution in [0.15, 0.2) is 67.1 Å². The van der Waals surface area contributed by atoms with Gasteiger partial charge in [-0.3, -0.25) is 10.2 Å². The SMILES string of the molecule is O=C(NNS(=O)(=O)c1ccc(Cl)cc1)c1cc2cc(Br)ccc2oc1=O. The summed E-state index contributed by atoms with van der Waals surface area (Å²) in [5.74, 6) is -0.946. The van der Waals surface area contributed by atoms with Crippen molar-refractivity contribution in [3.63, 3.8) is 0 Å². The molecule has 2 aromatic carbocycles. The van der Waals surface area contributed by atoms with Crippen LogP contribution in [-0.4, -0.2) is 14.3 Å². The lowest BCUT2D eigenvalue weighted by Crippen LogP contribution is -2.42. The lowest BCUT2D eigenvalue weighted by atomic mass is 10.2. The Labute approximate surface area is 161 Å². The van der Waals surface area contributed by atoms with Crippen LogP contribution in [0.2, 0.25) is 5.02 Å². The van der Waals surface area contributed by atoms with E-state index in [1.54, 1.807) is 18.2 Å². The number of benzene rings is 2. The minimum atomic E-state index is -4.02. The van der Waals surface area contributed by atoms with Crippen LogP contribution in [0.3, 0.4) is 0 Å². The van der Waals surface area contributed by atoms with Gasteiger partial charge in [-0.15, -0.1) is 4.83 Å². The predicted molar refractivity (Wildman–Crippen MR) is 99.4 cm³/mol. The number of amides is 1. The second kappa shape index (κ2) is 7.20. The van der Waals surface area contributed by atoms with E-state index in [1.807, 2.05) is 10.3 Å². The van der Waals surface area contributed by atoms with Crippen molar-refractivity contribution in [1.29, 1.82) is 0 Å². The quantitative estimate of drug-likeness (QED) is 0.463. The van der Waals surface area contributed by atoms with Crippen LogP contribution in [0.1, 0.15) is 10.4 Å². The Morgan fingerprint density at radius 2 is 1.77 bits per heavy atom. The minimum Gasteiger partial charge on any atom is -0.422 e. The van der Waals surface area contributed by atoms with Crippen molar-refractivity contribution in [2.45, 2.75) is 4.90 Å². The van der Waals surface area contributed by atoms with Gasteiger partial charge in [-0.2, -0.15) is 0 Å². The van der Waals surface area contributed by atoms with Gasteiger partial charge in [0.1, 0.15) is 11.1 Å². The first-order valence-electron chi connectivity index (χ1n) is 7.07. The maximum absolute atomic E-state index is 12.2. The molecule has 0 saturated carbocycles. The molecular formula is C16H10BrClN2O5S. The molecule has 1 aromatic heterocycles. The Bertz CT molecular complexity index is 1160. The molecule has 3 rings (SSSR count). The molecule has 0 bridgehead atoms. The first-order chi connectivity index (χ1) is 12.3. The molecule has 0 atom stereocenters. The van der Waals surface area contributed by atoms with E-state index in [9.17, 15) is 18.0 Å². The number of hydrogen-bond donors (Lipinski definition) is 2. The van der Waals surface area contributed by atoms with Crippen LogP contribution in [0.4, 0.5) is 0 Å². The molecule has 0 fully saturated rings. The number of carbonyl (C=O) groups excluding carboxylic acids is 1. The van der Waals surface area contributed by atoms with Crippen molar-refractivity contribution in [3.05, 3.63) is 74.0 Å².